The summed E-state index contributed by atoms with van der Waals surface area (Å²) in [4.78, 5) is 9.04. The summed E-state index contributed by atoms with van der Waals surface area (Å²) in [5, 5.41) is 4.20. The number of aryl methyl sites for hydroxylation is 3. The van der Waals surface area contributed by atoms with E-state index in [0.717, 1.165) is 42.1 Å². The fourth-order valence-electron chi connectivity index (χ4n) is 2.34. The van der Waals surface area contributed by atoms with Gasteiger partial charge in [0.1, 0.15) is 11.3 Å². The molecule has 0 aliphatic carbocycles. The van der Waals surface area contributed by atoms with Crippen molar-refractivity contribution < 1.29 is 0 Å². The molecule has 5 nitrogen and oxygen atoms in total. The van der Waals surface area contributed by atoms with Crippen molar-refractivity contribution >= 4 is 22.8 Å². The standard InChI is InChI=1S/C14H16ClN5/c1-11-4-6-16-14-13(11)18-12(10-15)20(14)9-3-8-19-7-2-5-17-19/h2,4-7H,3,8-10H2,1H3. The third kappa shape index (κ3) is 2.41. The number of fused-ring (bicyclic) bond motifs is 1. The molecule has 0 radical (unpaired) electrons. The lowest BCUT2D eigenvalue weighted by Gasteiger charge is -2.07. The zero-order chi connectivity index (χ0) is 13.9. The Morgan fingerprint density at radius 2 is 2.15 bits per heavy atom. The van der Waals surface area contributed by atoms with E-state index in [1.807, 2.05) is 36.1 Å². The molecule has 0 aliphatic heterocycles. The molecule has 0 saturated heterocycles. The lowest BCUT2D eigenvalue weighted by Crippen LogP contribution is -2.07. The largest absolute Gasteiger partial charge is 0.312 e. The van der Waals surface area contributed by atoms with E-state index in [1.54, 1.807) is 6.20 Å². The van der Waals surface area contributed by atoms with Gasteiger partial charge in [0.2, 0.25) is 0 Å². The quantitative estimate of drug-likeness (QED) is 0.679. The second-order valence-corrected chi connectivity index (χ2v) is 5.00. The SMILES string of the molecule is Cc1ccnc2c1nc(CCl)n2CCCn1cccn1. The van der Waals surface area contributed by atoms with Gasteiger partial charge in [0, 0.05) is 31.7 Å². The Morgan fingerprint density at radius 1 is 1.25 bits per heavy atom. The molecule has 3 heterocycles. The van der Waals surface area contributed by atoms with Crippen LogP contribution in [0.25, 0.3) is 11.2 Å². The van der Waals surface area contributed by atoms with Crippen LogP contribution in [0.2, 0.25) is 0 Å². The van der Waals surface area contributed by atoms with Gasteiger partial charge in [0.05, 0.1) is 5.88 Å². The lowest BCUT2D eigenvalue weighted by atomic mass is 10.3. The van der Waals surface area contributed by atoms with Crippen molar-refractivity contribution in [1.29, 1.82) is 0 Å². The van der Waals surface area contributed by atoms with Gasteiger partial charge in [-0.2, -0.15) is 5.10 Å². The van der Waals surface area contributed by atoms with Gasteiger partial charge in [-0.05, 0) is 31.0 Å². The average molecular weight is 290 g/mol. The molecule has 0 saturated carbocycles. The van der Waals surface area contributed by atoms with Crippen LogP contribution in [0.4, 0.5) is 0 Å². The smallest absolute Gasteiger partial charge is 0.160 e. The number of hydrogen-bond donors (Lipinski definition) is 0. The summed E-state index contributed by atoms with van der Waals surface area (Å²) in [5.41, 5.74) is 3.00. The molecule has 0 spiro atoms. The van der Waals surface area contributed by atoms with E-state index in [1.165, 1.54) is 0 Å². The van der Waals surface area contributed by atoms with Crippen molar-refractivity contribution in [2.75, 3.05) is 0 Å². The van der Waals surface area contributed by atoms with Crippen LogP contribution < -0.4 is 0 Å². The van der Waals surface area contributed by atoms with E-state index in [2.05, 4.69) is 19.6 Å². The molecule has 3 aromatic heterocycles. The first-order valence-corrected chi connectivity index (χ1v) is 7.17. The fourth-order valence-corrected chi connectivity index (χ4v) is 2.55. The summed E-state index contributed by atoms with van der Waals surface area (Å²) in [7, 11) is 0. The van der Waals surface area contributed by atoms with E-state index >= 15 is 0 Å². The highest BCUT2D eigenvalue weighted by atomic mass is 35.5. The maximum atomic E-state index is 6.01. The Balaban J connectivity index is 1.84. The van der Waals surface area contributed by atoms with Crippen molar-refractivity contribution in [2.45, 2.75) is 32.3 Å². The second kappa shape index (κ2) is 5.63. The van der Waals surface area contributed by atoms with Crippen LogP contribution in [-0.2, 0) is 19.0 Å². The molecule has 0 atom stereocenters. The van der Waals surface area contributed by atoms with Crippen molar-refractivity contribution in [1.82, 2.24) is 24.3 Å². The highest BCUT2D eigenvalue weighted by molar-refractivity contribution is 6.16. The zero-order valence-corrected chi connectivity index (χ0v) is 12.1. The first kappa shape index (κ1) is 13.1. The van der Waals surface area contributed by atoms with Gasteiger partial charge in [-0.25, -0.2) is 9.97 Å². The number of halogens is 1. The summed E-state index contributed by atoms with van der Waals surface area (Å²) in [6.07, 6.45) is 6.55. The summed E-state index contributed by atoms with van der Waals surface area (Å²) >= 11 is 6.01. The zero-order valence-electron chi connectivity index (χ0n) is 11.3. The predicted molar refractivity (Wildman–Crippen MR) is 78.7 cm³/mol. The highest BCUT2D eigenvalue weighted by Crippen LogP contribution is 2.19. The fraction of sp³-hybridized carbons (Fsp3) is 0.357. The third-order valence-corrected chi connectivity index (χ3v) is 3.60. The Hall–Kier alpha value is -1.88. The molecule has 3 aromatic rings. The van der Waals surface area contributed by atoms with E-state index in [4.69, 9.17) is 11.6 Å². The molecule has 104 valence electrons. The molecule has 3 rings (SSSR count). The van der Waals surface area contributed by atoms with Crippen LogP contribution in [0.15, 0.2) is 30.7 Å². The van der Waals surface area contributed by atoms with Crippen LogP contribution >= 0.6 is 11.6 Å². The minimum Gasteiger partial charge on any atom is -0.312 e. The Kier molecular flexibility index (Phi) is 3.69. The molecule has 0 fully saturated rings. The maximum absolute atomic E-state index is 6.01. The summed E-state index contributed by atoms with van der Waals surface area (Å²) in [5.74, 6) is 1.28. The first-order valence-electron chi connectivity index (χ1n) is 6.63. The maximum Gasteiger partial charge on any atom is 0.160 e. The highest BCUT2D eigenvalue weighted by Gasteiger charge is 2.12. The minimum atomic E-state index is 0.400. The third-order valence-electron chi connectivity index (χ3n) is 3.36. The van der Waals surface area contributed by atoms with E-state index in [9.17, 15) is 0 Å². The molecule has 0 unspecified atom stereocenters. The minimum absolute atomic E-state index is 0.400. The first-order chi connectivity index (χ1) is 9.79. The Labute approximate surface area is 122 Å². The summed E-state index contributed by atoms with van der Waals surface area (Å²) in [6, 6.07) is 3.91. The predicted octanol–water partition coefficient (Wildman–Crippen LogP) is 2.77. The van der Waals surface area contributed by atoms with Gasteiger partial charge in [-0.3, -0.25) is 4.68 Å². The van der Waals surface area contributed by atoms with E-state index in [0.29, 0.717) is 5.88 Å². The molecular formula is C14H16ClN5. The molecule has 0 aromatic carbocycles. The van der Waals surface area contributed by atoms with Crippen molar-refractivity contribution in [3.8, 4) is 0 Å². The van der Waals surface area contributed by atoms with Crippen molar-refractivity contribution in [2.24, 2.45) is 0 Å². The monoisotopic (exact) mass is 289 g/mol. The summed E-state index contributed by atoms with van der Waals surface area (Å²) < 4.78 is 4.04. The van der Waals surface area contributed by atoms with Crippen LogP contribution in [0, 0.1) is 6.92 Å². The van der Waals surface area contributed by atoms with Gasteiger partial charge in [0.15, 0.2) is 5.65 Å². The number of rotatable bonds is 5. The summed E-state index contributed by atoms with van der Waals surface area (Å²) in [6.45, 7) is 3.76. The Morgan fingerprint density at radius 3 is 2.90 bits per heavy atom. The van der Waals surface area contributed by atoms with Crippen molar-refractivity contribution in [3.63, 3.8) is 0 Å². The van der Waals surface area contributed by atoms with E-state index < -0.39 is 0 Å². The van der Waals surface area contributed by atoms with Gasteiger partial charge in [0.25, 0.3) is 0 Å². The van der Waals surface area contributed by atoms with Gasteiger partial charge in [-0.15, -0.1) is 11.6 Å². The molecule has 0 amide bonds. The average Bonchev–Trinajstić information content (AvgIpc) is 3.08. The molecule has 20 heavy (non-hydrogen) atoms. The number of alkyl halides is 1. The van der Waals surface area contributed by atoms with Gasteiger partial charge in [-0.1, -0.05) is 0 Å². The molecular weight excluding hydrogens is 274 g/mol. The number of nitrogens with zero attached hydrogens (tertiary/aromatic N) is 5. The van der Waals surface area contributed by atoms with Crippen LogP contribution in [-0.4, -0.2) is 24.3 Å². The molecule has 6 heteroatoms. The molecule has 0 aliphatic rings. The number of imidazole rings is 1. The van der Waals surface area contributed by atoms with Gasteiger partial charge < -0.3 is 4.57 Å². The van der Waals surface area contributed by atoms with Crippen molar-refractivity contribution in [3.05, 3.63) is 42.1 Å². The van der Waals surface area contributed by atoms with Crippen LogP contribution in [0.5, 0.6) is 0 Å². The number of hydrogen-bond acceptors (Lipinski definition) is 3. The van der Waals surface area contributed by atoms with E-state index in [-0.39, 0.29) is 0 Å². The normalized spacial score (nSPS) is 11.3. The van der Waals surface area contributed by atoms with Crippen LogP contribution in [0.3, 0.4) is 0 Å². The lowest BCUT2D eigenvalue weighted by molar-refractivity contribution is 0.525. The Bertz CT molecular complexity index is 702. The van der Waals surface area contributed by atoms with Gasteiger partial charge >= 0.3 is 0 Å². The second-order valence-electron chi connectivity index (χ2n) is 4.74. The number of aromatic nitrogens is 5. The van der Waals surface area contributed by atoms with Crippen LogP contribution in [0.1, 0.15) is 17.8 Å². The number of pyridine rings is 1. The molecule has 0 N–H and O–H groups in total. The molecule has 0 bridgehead atoms. The topological polar surface area (TPSA) is 48.5 Å².